The first-order valence-corrected chi connectivity index (χ1v) is 9.07. The molecule has 1 aliphatic carbocycles. The van der Waals surface area contributed by atoms with Crippen molar-refractivity contribution in [3.05, 3.63) is 29.3 Å². The van der Waals surface area contributed by atoms with E-state index < -0.39 is 0 Å². The summed E-state index contributed by atoms with van der Waals surface area (Å²) in [6.45, 7) is 6.03. The van der Waals surface area contributed by atoms with E-state index >= 15 is 0 Å². The van der Waals surface area contributed by atoms with E-state index in [-0.39, 0.29) is 5.91 Å². The second kappa shape index (κ2) is 6.25. The Morgan fingerprint density at radius 1 is 1.35 bits per heavy atom. The van der Waals surface area contributed by atoms with Gasteiger partial charge in [-0.25, -0.2) is 0 Å². The van der Waals surface area contributed by atoms with E-state index in [1.165, 1.54) is 50.0 Å². The van der Waals surface area contributed by atoms with Crippen LogP contribution in [0.2, 0.25) is 0 Å². The van der Waals surface area contributed by atoms with Crippen molar-refractivity contribution in [2.45, 2.75) is 44.6 Å². The molecule has 4 heteroatoms. The Morgan fingerprint density at radius 2 is 2.17 bits per heavy atom. The molecule has 1 aromatic carbocycles. The average molecular weight is 313 g/mol. The Kier molecular flexibility index (Phi) is 4.12. The van der Waals surface area contributed by atoms with Gasteiger partial charge in [-0.1, -0.05) is 12.1 Å². The molecule has 2 unspecified atom stereocenters. The van der Waals surface area contributed by atoms with Crippen molar-refractivity contribution in [2.24, 2.45) is 5.92 Å². The molecule has 1 saturated carbocycles. The summed E-state index contributed by atoms with van der Waals surface area (Å²) in [6.07, 6.45) is 4.89. The highest BCUT2D eigenvalue weighted by atomic mass is 16.2. The van der Waals surface area contributed by atoms with Gasteiger partial charge in [-0.05, 0) is 68.4 Å². The molecule has 2 N–H and O–H groups in total. The number of fused-ring (bicyclic) bond motifs is 1. The average Bonchev–Trinajstić information content (AvgIpc) is 3.22. The number of nitrogens with one attached hydrogen (secondary N) is 2. The van der Waals surface area contributed by atoms with Crippen LogP contribution in [-0.4, -0.2) is 38.1 Å². The number of piperidine rings is 1. The van der Waals surface area contributed by atoms with E-state index in [1.54, 1.807) is 6.92 Å². The minimum Gasteiger partial charge on any atom is -0.317 e. The fraction of sp³-hybridized carbons (Fsp3) is 0.632. The normalized spacial score (nSPS) is 27.1. The summed E-state index contributed by atoms with van der Waals surface area (Å²) in [7, 11) is 0. The number of nitrogens with zero attached hydrogens (tertiary/aromatic N) is 1. The number of rotatable bonds is 4. The molecule has 23 heavy (non-hydrogen) atoms. The topological polar surface area (TPSA) is 44.4 Å². The van der Waals surface area contributed by atoms with Crippen LogP contribution in [0.3, 0.4) is 0 Å². The van der Waals surface area contributed by atoms with Crippen molar-refractivity contribution in [2.75, 3.05) is 31.1 Å². The zero-order valence-corrected chi connectivity index (χ0v) is 14.0. The van der Waals surface area contributed by atoms with Gasteiger partial charge in [0.1, 0.15) is 0 Å². The van der Waals surface area contributed by atoms with Crippen LogP contribution < -0.4 is 15.5 Å². The maximum atomic E-state index is 11.6. The molecule has 4 nitrogen and oxygen atoms in total. The van der Waals surface area contributed by atoms with Crippen molar-refractivity contribution < 1.29 is 4.79 Å². The van der Waals surface area contributed by atoms with Crippen LogP contribution in [0.15, 0.2) is 18.2 Å². The Morgan fingerprint density at radius 3 is 2.96 bits per heavy atom. The number of hydrogen-bond donors (Lipinski definition) is 2. The zero-order chi connectivity index (χ0) is 15.8. The molecule has 0 spiro atoms. The summed E-state index contributed by atoms with van der Waals surface area (Å²) in [5.74, 6) is 1.68. The lowest BCUT2D eigenvalue weighted by Crippen LogP contribution is -2.34. The number of carbonyl (C=O) groups is 1. The molecular weight excluding hydrogens is 286 g/mol. The van der Waals surface area contributed by atoms with Crippen molar-refractivity contribution in [3.63, 3.8) is 0 Å². The third kappa shape index (κ3) is 3.15. The minimum atomic E-state index is 0.157. The van der Waals surface area contributed by atoms with Gasteiger partial charge in [-0.2, -0.15) is 0 Å². The molecule has 0 bridgehead atoms. The number of amides is 1. The van der Waals surface area contributed by atoms with E-state index in [9.17, 15) is 4.79 Å². The van der Waals surface area contributed by atoms with Crippen molar-refractivity contribution >= 4 is 11.6 Å². The van der Waals surface area contributed by atoms with Crippen molar-refractivity contribution in [1.82, 2.24) is 10.6 Å². The van der Waals surface area contributed by atoms with Gasteiger partial charge in [-0.15, -0.1) is 0 Å². The fourth-order valence-corrected chi connectivity index (χ4v) is 4.17. The molecule has 0 aromatic heterocycles. The van der Waals surface area contributed by atoms with Gasteiger partial charge < -0.3 is 15.5 Å². The standard InChI is InChI=1S/C19H27N3O/c1-13(23)22-9-6-16-10-15(2-3-19(16)22)17-11-18(17)21-12-14-4-7-20-8-5-14/h2-3,10,14,17-18,20-21H,4-9,11-12H2,1H3. The maximum Gasteiger partial charge on any atom is 0.223 e. The maximum absolute atomic E-state index is 11.6. The van der Waals surface area contributed by atoms with Crippen LogP contribution in [0.25, 0.3) is 0 Å². The first kappa shape index (κ1) is 15.2. The molecule has 124 valence electrons. The third-order valence-corrected chi connectivity index (χ3v) is 5.73. The highest BCUT2D eigenvalue weighted by Gasteiger charge is 2.39. The Balaban J connectivity index is 1.34. The van der Waals surface area contributed by atoms with Crippen LogP contribution in [-0.2, 0) is 11.2 Å². The van der Waals surface area contributed by atoms with E-state index in [0.29, 0.717) is 12.0 Å². The molecule has 3 aliphatic rings. The Labute approximate surface area is 138 Å². The van der Waals surface area contributed by atoms with Gasteiger partial charge in [-0.3, -0.25) is 4.79 Å². The third-order valence-electron chi connectivity index (χ3n) is 5.73. The zero-order valence-electron chi connectivity index (χ0n) is 14.0. The monoisotopic (exact) mass is 313 g/mol. The molecule has 4 rings (SSSR count). The Hall–Kier alpha value is -1.39. The summed E-state index contributed by atoms with van der Waals surface area (Å²) < 4.78 is 0. The van der Waals surface area contributed by atoms with E-state index in [1.807, 2.05) is 4.90 Å². The number of hydrogen-bond acceptors (Lipinski definition) is 3. The smallest absolute Gasteiger partial charge is 0.223 e. The molecule has 2 fully saturated rings. The lowest BCUT2D eigenvalue weighted by Gasteiger charge is -2.22. The quantitative estimate of drug-likeness (QED) is 0.894. The van der Waals surface area contributed by atoms with Crippen LogP contribution in [0.5, 0.6) is 0 Å². The first-order valence-electron chi connectivity index (χ1n) is 9.07. The highest BCUT2D eigenvalue weighted by Crippen LogP contribution is 2.43. The molecule has 0 radical (unpaired) electrons. The van der Waals surface area contributed by atoms with Gasteiger partial charge >= 0.3 is 0 Å². The molecule has 1 amide bonds. The summed E-state index contributed by atoms with van der Waals surface area (Å²) in [5.41, 5.74) is 3.93. The molecule has 2 heterocycles. The minimum absolute atomic E-state index is 0.157. The van der Waals surface area contributed by atoms with Crippen LogP contribution in [0, 0.1) is 5.92 Å². The van der Waals surface area contributed by atoms with Gasteiger partial charge in [0.2, 0.25) is 5.91 Å². The van der Waals surface area contributed by atoms with E-state index in [4.69, 9.17) is 0 Å². The van der Waals surface area contributed by atoms with Gasteiger partial charge in [0, 0.05) is 31.1 Å². The summed E-state index contributed by atoms with van der Waals surface area (Å²) in [5, 5.41) is 7.21. The second-order valence-electron chi connectivity index (χ2n) is 7.36. The van der Waals surface area contributed by atoms with Crippen LogP contribution in [0.4, 0.5) is 5.69 Å². The number of carbonyl (C=O) groups excluding carboxylic acids is 1. The SMILES string of the molecule is CC(=O)N1CCc2cc(C3CC3NCC3CCNCC3)ccc21. The van der Waals surface area contributed by atoms with Gasteiger partial charge in [0.25, 0.3) is 0 Å². The predicted octanol–water partition coefficient (Wildman–Crippen LogP) is 2.04. The second-order valence-corrected chi connectivity index (χ2v) is 7.36. The Bertz CT molecular complexity index is 594. The largest absolute Gasteiger partial charge is 0.317 e. The molecule has 1 saturated heterocycles. The highest BCUT2D eigenvalue weighted by molar-refractivity contribution is 5.93. The van der Waals surface area contributed by atoms with Crippen LogP contribution in [0.1, 0.15) is 43.2 Å². The fourth-order valence-electron chi connectivity index (χ4n) is 4.17. The van der Waals surface area contributed by atoms with Gasteiger partial charge in [0.05, 0.1) is 0 Å². The van der Waals surface area contributed by atoms with Crippen molar-refractivity contribution in [3.8, 4) is 0 Å². The summed E-state index contributed by atoms with van der Waals surface area (Å²) in [4.78, 5) is 13.5. The number of anilines is 1. The van der Waals surface area contributed by atoms with Gasteiger partial charge in [0.15, 0.2) is 0 Å². The summed E-state index contributed by atoms with van der Waals surface area (Å²) in [6, 6.07) is 7.39. The molecule has 2 aliphatic heterocycles. The molecular formula is C19H27N3O. The van der Waals surface area contributed by atoms with Crippen LogP contribution >= 0.6 is 0 Å². The molecule has 1 aromatic rings. The summed E-state index contributed by atoms with van der Waals surface area (Å²) >= 11 is 0. The lowest BCUT2D eigenvalue weighted by atomic mass is 9.98. The number of benzene rings is 1. The van der Waals surface area contributed by atoms with E-state index in [2.05, 4.69) is 28.8 Å². The molecule has 2 atom stereocenters. The van der Waals surface area contributed by atoms with Crippen molar-refractivity contribution in [1.29, 1.82) is 0 Å². The van der Waals surface area contributed by atoms with E-state index in [0.717, 1.165) is 24.6 Å². The predicted molar refractivity (Wildman–Crippen MR) is 92.9 cm³/mol. The lowest BCUT2D eigenvalue weighted by molar-refractivity contribution is -0.116. The first-order chi connectivity index (χ1) is 11.2.